The van der Waals surface area contributed by atoms with E-state index in [-0.39, 0.29) is 32.8 Å². The first-order chi connectivity index (χ1) is 23.0. The van der Waals surface area contributed by atoms with Gasteiger partial charge in [-0.25, -0.2) is 0 Å². The third-order valence-corrected chi connectivity index (χ3v) is 7.68. The lowest BCUT2D eigenvalue weighted by molar-refractivity contribution is -0.324. The summed E-state index contributed by atoms with van der Waals surface area (Å²) in [6, 6.07) is 16.6. The van der Waals surface area contributed by atoms with Crippen molar-refractivity contribution in [2.24, 2.45) is 0 Å². The fourth-order valence-electron chi connectivity index (χ4n) is 5.67. The summed E-state index contributed by atoms with van der Waals surface area (Å²) >= 11 is 0. The number of esters is 2. The number of hydrogen-bond acceptors (Lipinski definition) is 12. The van der Waals surface area contributed by atoms with Gasteiger partial charge in [-0.1, -0.05) is 60.7 Å². The maximum atomic E-state index is 12.4. The molecule has 9 atom stereocenters. The van der Waals surface area contributed by atoms with Gasteiger partial charge in [0.1, 0.15) is 43.1 Å². The van der Waals surface area contributed by atoms with Crippen LogP contribution in [0.4, 0.5) is 0 Å². The van der Waals surface area contributed by atoms with Gasteiger partial charge < -0.3 is 48.9 Å². The molecule has 3 N–H and O–H groups in total. The highest BCUT2D eigenvalue weighted by Gasteiger charge is 2.51. The Hall–Kier alpha value is -3.92. The van der Waals surface area contributed by atoms with E-state index in [1.54, 1.807) is 0 Å². The smallest absolute Gasteiger partial charge is 0.302 e. The van der Waals surface area contributed by atoms with E-state index in [9.17, 15) is 24.3 Å². The number of aliphatic hydroxyl groups excluding tert-OH is 1. The Morgan fingerprint density at radius 1 is 0.771 bits per heavy atom. The van der Waals surface area contributed by atoms with Gasteiger partial charge in [0, 0.05) is 34.1 Å². The number of rotatable bonds is 14. The van der Waals surface area contributed by atoms with Crippen molar-refractivity contribution in [1.82, 2.24) is 10.6 Å². The molecule has 2 fully saturated rings. The summed E-state index contributed by atoms with van der Waals surface area (Å²) in [6.45, 7) is 5.14. The zero-order chi connectivity index (χ0) is 34.6. The van der Waals surface area contributed by atoms with E-state index in [0.29, 0.717) is 0 Å². The highest BCUT2D eigenvalue weighted by atomic mass is 16.7. The first-order valence-corrected chi connectivity index (χ1v) is 15.8. The van der Waals surface area contributed by atoms with Crippen LogP contribution in [0.1, 0.15) is 45.2 Å². The van der Waals surface area contributed by atoms with Crippen LogP contribution >= 0.6 is 0 Å². The first-order valence-electron chi connectivity index (χ1n) is 15.8. The minimum absolute atomic E-state index is 0.0730. The molecule has 14 nitrogen and oxygen atoms in total. The van der Waals surface area contributed by atoms with Gasteiger partial charge in [-0.05, 0) is 11.1 Å². The minimum atomic E-state index is -1.51. The quantitative estimate of drug-likeness (QED) is 0.247. The van der Waals surface area contributed by atoms with E-state index < -0.39 is 78.9 Å². The Morgan fingerprint density at radius 2 is 1.38 bits per heavy atom. The van der Waals surface area contributed by atoms with Crippen LogP contribution in [-0.2, 0) is 65.5 Å². The van der Waals surface area contributed by atoms with E-state index in [4.69, 9.17) is 33.2 Å². The van der Waals surface area contributed by atoms with Gasteiger partial charge in [-0.3, -0.25) is 19.2 Å². The second-order valence-electron chi connectivity index (χ2n) is 11.7. The summed E-state index contributed by atoms with van der Waals surface area (Å²) in [5.74, 6) is -2.04. The second kappa shape index (κ2) is 18.0. The van der Waals surface area contributed by atoms with Crippen LogP contribution in [0.25, 0.3) is 0 Å². The molecule has 0 radical (unpaired) electrons. The molecule has 0 saturated carbocycles. The number of benzene rings is 2. The molecule has 48 heavy (non-hydrogen) atoms. The molecule has 4 rings (SSSR count). The maximum Gasteiger partial charge on any atom is 0.302 e. The summed E-state index contributed by atoms with van der Waals surface area (Å²) in [7, 11) is 0. The lowest BCUT2D eigenvalue weighted by Gasteiger charge is -2.48. The van der Waals surface area contributed by atoms with Gasteiger partial charge >= 0.3 is 11.9 Å². The first kappa shape index (κ1) is 36.9. The maximum absolute atomic E-state index is 12.4. The van der Waals surface area contributed by atoms with Crippen molar-refractivity contribution in [3.63, 3.8) is 0 Å². The molecule has 2 heterocycles. The number of ether oxygens (including phenoxy) is 7. The highest BCUT2D eigenvalue weighted by Crippen LogP contribution is 2.32. The average Bonchev–Trinajstić information content (AvgIpc) is 3.03. The van der Waals surface area contributed by atoms with E-state index >= 15 is 0 Å². The molecular weight excluding hydrogens is 628 g/mol. The van der Waals surface area contributed by atoms with Crippen LogP contribution < -0.4 is 10.6 Å². The number of hydrogen-bond donors (Lipinski definition) is 3. The normalized spacial score (nSPS) is 28.6. The largest absolute Gasteiger partial charge is 0.463 e. The van der Waals surface area contributed by atoms with Crippen molar-refractivity contribution < 1.29 is 57.4 Å². The van der Waals surface area contributed by atoms with Crippen molar-refractivity contribution in [3.05, 3.63) is 71.8 Å². The molecule has 0 bridgehead atoms. The summed E-state index contributed by atoms with van der Waals surface area (Å²) < 4.78 is 42.0. The third-order valence-electron chi connectivity index (χ3n) is 7.68. The lowest BCUT2D eigenvalue weighted by atomic mass is 9.95. The van der Waals surface area contributed by atoms with Crippen molar-refractivity contribution in [2.75, 3.05) is 13.2 Å². The Labute approximate surface area is 279 Å². The SMILES string of the molecule is CC(=O)N[C@@H]1[C@H](O[C@@H]2C(COCc3ccccc3)O[C@@H](O)[C@@H](NC(C)=O)[C@H]2OCc2ccccc2)OC(COC(C)=O)C[C@@H]1OC(C)=O. The number of nitrogens with one attached hydrogen (secondary N) is 2. The standard InChI is InChI=1S/C34H44N2O12/c1-20(37)35-29-27(45-23(4)40)15-26(18-43-22(3)39)46-34(29)48-31-28(19-42-16-24-11-7-5-8-12-24)47-33(41)30(36-21(2)38)32(31)44-17-25-13-9-6-10-14-25/h5-14,26-34,41H,15-19H2,1-4H3,(H,35,37)(H,36,38)/t26?,27-,28?,29-,30-,31+,32+,33+,34-/m0/s1. The Balaban J connectivity index is 1.69. The van der Waals surface area contributed by atoms with Crippen LogP contribution in [0.5, 0.6) is 0 Å². The fraction of sp³-hybridized carbons (Fsp3) is 0.529. The molecule has 14 heteroatoms. The predicted molar refractivity (Wildman–Crippen MR) is 168 cm³/mol. The zero-order valence-electron chi connectivity index (χ0n) is 27.4. The van der Waals surface area contributed by atoms with Crippen molar-refractivity contribution in [2.45, 2.75) is 103 Å². The molecule has 0 aliphatic carbocycles. The fourth-order valence-corrected chi connectivity index (χ4v) is 5.67. The molecule has 0 spiro atoms. The molecular formula is C34H44N2O12. The topological polar surface area (TPSA) is 177 Å². The minimum Gasteiger partial charge on any atom is -0.463 e. The number of carbonyl (C=O) groups excluding carboxylic acids is 4. The number of amides is 2. The monoisotopic (exact) mass is 672 g/mol. The van der Waals surface area contributed by atoms with Gasteiger partial charge in [-0.15, -0.1) is 0 Å². The molecule has 2 unspecified atom stereocenters. The molecule has 2 amide bonds. The van der Waals surface area contributed by atoms with E-state index in [2.05, 4.69) is 10.6 Å². The summed E-state index contributed by atoms with van der Waals surface area (Å²) in [6.07, 6.45) is -7.53. The summed E-state index contributed by atoms with van der Waals surface area (Å²) in [5, 5.41) is 16.6. The van der Waals surface area contributed by atoms with Gasteiger partial charge in [0.2, 0.25) is 11.8 Å². The molecule has 262 valence electrons. The van der Waals surface area contributed by atoms with Gasteiger partial charge in [0.15, 0.2) is 12.6 Å². The molecule has 2 aliphatic heterocycles. The van der Waals surface area contributed by atoms with Crippen LogP contribution in [0.15, 0.2) is 60.7 Å². The predicted octanol–water partition coefficient (Wildman–Crippen LogP) is 1.51. The van der Waals surface area contributed by atoms with Crippen molar-refractivity contribution in [1.29, 1.82) is 0 Å². The third kappa shape index (κ3) is 11.1. The summed E-state index contributed by atoms with van der Waals surface area (Å²) in [5.41, 5.74) is 1.72. The zero-order valence-corrected chi connectivity index (χ0v) is 27.4. The second-order valence-corrected chi connectivity index (χ2v) is 11.7. The number of carbonyl (C=O) groups is 4. The van der Waals surface area contributed by atoms with Crippen LogP contribution in [-0.4, -0.2) is 97.3 Å². The van der Waals surface area contributed by atoms with Crippen molar-refractivity contribution >= 4 is 23.8 Å². The molecule has 2 aliphatic rings. The Morgan fingerprint density at radius 3 is 1.96 bits per heavy atom. The van der Waals surface area contributed by atoms with Crippen LogP contribution in [0, 0.1) is 0 Å². The van der Waals surface area contributed by atoms with Crippen LogP contribution in [0.2, 0.25) is 0 Å². The summed E-state index contributed by atoms with van der Waals surface area (Å²) in [4.78, 5) is 48.4. The number of aliphatic hydroxyl groups is 1. The van der Waals surface area contributed by atoms with Gasteiger partial charge in [0.25, 0.3) is 0 Å². The average molecular weight is 673 g/mol. The lowest BCUT2D eigenvalue weighted by Crippen LogP contribution is -2.68. The Bertz CT molecular complexity index is 1350. The molecule has 2 aromatic rings. The van der Waals surface area contributed by atoms with Crippen LogP contribution in [0.3, 0.4) is 0 Å². The van der Waals surface area contributed by atoms with E-state index in [0.717, 1.165) is 11.1 Å². The van der Waals surface area contributed by atoms with Crippen molar-refractivity contribution in [3.8, 4) is 0 Å². The molecule has 2 saturated heterocycles. The van der Waals surface area contributed by atoms with Gasteiger partial charge in [0.05, 0.1) is 25.9 Å². The molecule has 0 aromatic heterocycles. The Kier molecular flexibility index (Phi) is 13.8. The van der Waals surface area contributed by atoms with Gasteiger partial charge in [-0.2, -0.15) is 0 Å². The highest BCUT2D eigenvalue weighted by molar-refractivity contribution is 5.74. The van der Waals surface area contributed by atoms with E-state index in [1.807, 2.05) is 60.7 Å². The van der Waals surface area contributed by atoms with E-state index in [1.165, 1.54) is 27.7 Å². The molecule has 2 aromatic carbocycles.